The molecule has 1 aromatic carbocycles. The highest BCUT2D eigenvalue weighted by atomic mass is 79.9. The summed E-state index contributed by atoms with van der Waals surface area (Å²) in [5, 5.41) is 3.43. The van der Waals surface area contributed by atoms with E-state index >= 15 is 0 Å². The van der Waals surface area contributed by atoms with Crippen molar-refractivity contribution in [1.82, 2.24) is 0 Å². The van der Waals surface area contributed by atoms with E-state index < -0.39 is 0 Å². The number of rotatable bonds is 6. The van der Waals surface area contributed by atoms with E-state index in [0.29, 0.717) is 6.61 Å². The normalized spacial score (nSPS) is 10.3. The number of hydrogen-bond donors (Lipinski definition) is 1. The van der Waals surface area contributed by atoms with E-state index in [-0.39, 0.29) is 0 Å². The van der Waals surface area contributed by atoms with Crippen molar-refractivity contribution in [2.45, 2.75) is 26.4 Å². The maximum Gasteiger partial charge on any atom is 0.0744 e. The molecule has 3 heteroatoms. The van der Waals surface area contributed by atoms with Crippen molar-refractivity contribution >= 4 is 21.6 Å². The van der Waals surface area contributed by atoms with E-state index in [9.17, 15) is 0 Å². The fourth-order valence-electron chi connectivity index (χ4n) is 1.42. The predicted octanol–water partition coefficient (Wildman–Crippen LogP) is 3.81. The molecule has 0 spiro atoms. The van der Waals surface area contributed by atoms with E-state index in [1.165, 1.54) is 24.1 Å². The maximum atomic E-state index is 5.19. The molecule has 0 aromatic heterocycles. The Balaban J connectivity index is 2.71. The Morgan fingerprint density at radius 3 is 2.87 bits per heavy atom. The number of hydrogen-bond acceptors (Lipinski definition) is 2. The third kappa shape index (κ3) is 3.84. The molecule has 0 aliphatic heterocycles. The number of unbranched alkanes of at least 4 members (excludes halogenated alkanes) is 1. The average Bonchev–Trinajstić information content (AvgIpc) is 2.23. The number of anilines is 1. The Kier molecular flexibility index (Phi) is 5.73. The van der Waals surface area contributed by atoms with Gasteiger partial charge in [0.05, 0.1) is 6.61 Å². The summed E-state index contributed by atoms with van der Waals surface area (Å²) in [5.41, 5.74) is 2.36. The van der Waals surface area contributed by atoms with Crippen LogP contribution >= 0.6 is 15.9 Å². The minimum Gasteiger partial charge on any atom is -0.385 e. The van der Waals surface area contributed by atoms with Gasteiger partial charge < -0.3 is 10.1 Å². The number of benzene rings is 1. The molecule has 15 heavy (non-hydrogen) atoms. The molecule has 1 rings (SSSR count). The van der Waals surface area contributed by atoms with Crippen molar-refractivity contribution in [3.63, 3.8) is 0 Å². The molecular weight excluding hydrogens is 254 g/mol. The quantitative estimate of drug-likeness (QED) is 0.795. The molecule has 0 aliphatic rings. The van der Waals surface area contributed by atoms with Gasteiger partial charge in [0.1, 0.15) is 0 Å². The number of ether oxygens (including phenoxy) is 1. The first-order chi connectivity index (χ1) is 7.29. The van der Waals surface area contributed by atoms with E-state index in [1.54, 1.807) is 7.11 Å². The minimum atomic E-state index is 0.635. The second-order valence-electron chi connectivity index (χ2n) is 3.48. The molecule has 0 heterocycles. The molecule has 0 saturated carbocycles. The van der Waals surface area contributed by atoms with Gasteiger partial charge in [0.15, 0.2) is 0 Å². The molecule has 0 fully saturated rings. The molecule has 1 N–H and O–H groups in total. The molecule has 2 nitrogen and oxygen atoms in total. The fraction of sp³-hybridized carbons (Fsp3) is 0.500. The highest BCUT2D eigenvalue weighted by molar-refractivity contribution is 9.10. The summed E-state index contributed by atoms with van der Waals surface area (Å²) in [6.45, 7) is 3.85. The predicted molar refractivity (Wildman–Crippen MR) is 68.3 cm³/mol. The van der Waals surface area contributed by atoms with Gasteiger partial charge in [0, 0.05) is 29.4 Å². The van der Waals surface area contributed by atoms with E-state index in [2.05, 4.69) is 34.2 Å². The summed E-state index contributed by atoms with van der Waals surface area (Å²) in [4.78, 5) is 0. The molecule has 84 valence electrons. The van der Waals surface area contributed by atoms with Gasteiger partial charge >= 0.3 is 0 Å². The van der Waals surface area contributed by atoms with Crippen LogP contribution in [-0.4, -0.2) is 13.7 Å². The third-order valence-electron chi connectivity index (χ3n) is 2.25. The van der Waals surface area contributed by atoms with E-state index in [0.717, 1.165) is 11.0 Å². The molecule has 1 aromatic rings. The monoisotopic (exact) mass is 271 g/mol. The van der Waals surface area contributed by atoms with Gasteiger partial charge in [-0.1, -0.05) is 35.3 Å². The number of halogens is 1. The van der Waals surface area contributed by atoms with Crippen LogP contribution in [-0.2, 0) is 11.3 Å². The van der Waals surface area contributed by atoms with Crippen molar-refractivity contribution < 1.29 is 4.74 Å². The van der Waals surface area contributed by atoms with Crippen LogP contribution in [0.2, 0.25) is 0 Å². The second kappa shape index (κ2) is 6.85. The zero-order valence-electron chi connectivity index (χ0n) is 9.35. The molecular formula is C12H18BrNO. The Bertz CT molecular complexity index is 302. The summed E-state index contributed by atoms with van der Waals surface area (Å²) in [5.74, 6) is 0. The van der Waals surface area contributed by atoms with E-state index in [1.807, 2.05) is 12.1 Å². The van der Waals surface area contributed by atoms with Crippen molar-refractivity contribution in [1.29, 1.82) is 0 Å². The lowest BCUT2D eigenvalue weighted by molar-refractivity contribution is 0.185. The first-order valence-electron chi connectivity index (χ1n) is 5.29. The minimum absolute atomic E-state index is 0.635. The average molecular weight is 272 g/mol. The summed E-state index contributed by atoms with van der Waals surface area (Å²) in [6, 6.07) is 6.17. The van der Waals surface area contributed by atoms with Gasteiger partial charge in [-0.05, 0) is 18.6 Å². The van der Waals surface area contributed by atoms with E-state index in [4.69, 9.17) is 4.74 Å². The molecule has 0 saturated heterocycles. The molecule has 0 radical (unpaired) electrons. The second-order valence-corrected chi connectivity index (χ2v) is 4.33. The zero-order chi connectivity index (χ0) is 11.1. The van der Waals surface area contributed by atoms with Crippen LogP contribution in [0.3, 0.4) is 0 Å². The first kappa shape index (κ1) is 12.5. The molecule has 0 unspecified atom stereocenters. The highest BCUT2D eigenvalue weighted by Gasteiger charge is 2.05. The van der Waals surface area contributed by atoms with Gasteiger partial charge in [-0.15, -0.1) is 0 Å². The summed E-state index contributed by atoms with van der Waals surface area (Å²) in [6.07, 6.45) is 2.40. The number of nitrogens with one attached hydrogen (secondary N) is 1. The fourth-order valence-corrected chi connectivity index (χ4v) is 1.90. The summed E-state index contributed by atoms with van der Waals surface area (Å²) in [7, 11) is 1.72. The molecule has 0 atom stereocenters. The topological polar surface area (TPSA) is 21.3 Å². The lowest BCUT2D eigenvalue weighted by Gasteiger charge is -2.12. The first-order valence-corrected chi connectivity index (χ1v) is 6.09. The SMILES string of the molecule is CCCCNc1cccc(Br)c1COC. The van der Waals surface area contributed by atoms with Gasteiger partial charge in [0.25, 0.3) is 0 Å². The largest absolute Gasteiger partial charge is 0.385 e. The van der Waals surface area contributed by atoms with Crippen LogP contribution in [0, 0.1) is 0 Å². The van der Waals surface area contributed by atoms with Crippen LogP contribution in [0.25, 0.3) is 0 Å². The van der Waals surface area contributed by atoms with Crippen LogP contribution < -0.4 is 5.32 Å². The zero-order valence-corrected chi connectivity index (χ0v) is 10.9. The van der Waals surface area contributed by atoms with Crippen LogP contribution in [0.5, 0.6) is 0 Å². The van der Waals surface area contributed by atoms with Gasteiger partial charge in [0.2, 0.25) is 0 Å². The van der Waals surface area contributed by atoms with Crippen LogP contribution in [0.1, 0.15) is 25.3 Å². The molecule has 0 amide bonds. The summed E-state index contributed by atoms with van der Waals surface area (Å²) < 4.78 is 6.29. The lowest BCUT2D eigenvalue weighted by atomic mass is 10.2. The van der Waals surface area contributed by atoms with Gasteiger partial charge in [-0.3, -0.25) is 0 Å². The maximum absolute atomic E-state index is 5.19. The Hall–Kier alpha value is -0.540. The highest BCUT2D eigenvalue weighted by Crippen LogP contribution is 2.25. The van der Waals surface area contributed by atoms with Gasteiger partial charge in [-0.2, -0.15) is 0 Å². The van der Waals surface area contributed by atoms with Crippen LogP contribution in [0.4, 0.5) is 5.69 Å². The lowest BCUT2D eigenvalue weighted by Crippen LogP contribution is -2.04. The summed E-state index contributed by atoms with van der Waals surface area (Å²) >= 11 is 3.54. The molecule has 0 aliphatic carbocycles. The smallest absolute Gasteiger partial charge is 0.0744 e. The molecule has 0 bridgehead atoms. The van der Waals surface area contributed by atoms with Gasteiger partial charge in [-0.25, -0.2) is 0 Å². The number of methoxy groups -OCH3 is 1. The van der Waals surface area contributed by atoms with Crippen LogP contribution in [0.15, 0.2) is 22.7 Å². The Labute approximate surface area is 100 Å². The van der Waals surface area contributed by atoms with Crippen molar-refractivity contribution in [2.75, 3.05) is 19.0 Å². The Morgan fingerprint density at radius 1 is 1.40 bits per heavy atom. The standard InChI is InChI=1S/C12H18BrNO/c1-3-4-8-14-12-7-5-6-11(13)10(12)9-15-2/h5-7,14H,3-4,8-9H2,1-2H3. The van der Waals surface area contributed by atoms with Crippen molar-refractivity contribution in [3.05, 3.63) is 28.2 Å². The van der Waals surface area contributed by atoms with Crippen molar-refractivity contribution in [3.8, 4) is 0 Å². The third-order valence-corrected chi connectivity index (χ3v) is 3.00. The Morgan fingerprint density at radius 2 is 2.20 bits per heavy atom. The van der Waals surface area contributed by atoms with Crippen molar-refractivity contribution in [2.24, 2.45) is 0 Å².